The summed E-state index contributed by atoms with van der Waals surface area (Å²) in [5.41, 5.74) is 11.5. The van der Waals surface area contributed by atoms with Crippen LogP contribution in [0.15, 0.2) is 121 Å². The van der Waals surface area contributed by atoms with Gasteiger partial charge in [0.25, 0.3) is 0 Å². The summed E-state index contributed by atoms with van der Waals surface area (Å²) in [6.07, 6.45) is 0. The number of hydrogen-bond acceptors (Lipinski definition) is 0. The monoisotopic (exact) mass is 406 g/mol. The van der Waals surface area contributed by atoms with Crippen LogP contribution in [0.25, 0.3) is 61.1 Å². The Labute approximate surface area is 186 Å². The van der Waals surface area contributed by atoms with Crippen LogP contribution in [-0.2, 0) is 0 Å². The maximum Gasteiger partial charge on any atom is 0.228 e. The third-order valence-corrected chi connectivity index (χ3v) is 6.64. The molecular formula is C31H20N+. The average Bonchev–Trinajstić information content (AvgIpc) is 3.20. The Kier molecular flexibility index (Phi) is 3.62. The average molecular weight is 407 g/mol. The van der Waals surface area contributed by atoms with Crippen molar-refractivity contribution in [1.82, 2.24) is 0 Å². The molecule has 0 aliphatic carbocycles. The van der Waals surface area contributed by atoms with Crippen LogP contribution in [0.4, 0.5) is 0 Å². The standard InChI is InChI=1S/C31H20N/c1-3-11-21(12-4-1)23-19-20-28-24-15-7-9-17-26(24)31-29(22-13-5-2-6-14-22)25-16-8-10-18-27(25)30(23)32(28)31/h1-20H/q+1. The number of hydrogen-bond donors (Lipinski definition) is 0. The van der Waals surface area contributed by atoms with Crippen LogP contribution in [0.3, 0.4) is 0 Å². The first-order valence-electron chi connectivity index (χ1n) is 11.1. The topological polar surface area (TPSA) is 4.10 Å². The molecule has 0 fully saturated rings. The van der Waals surface area contributed by atoms with Gasteiger partial charge in [-0.05, 0) is 35.4 Å². The van der Waals surface area contributed by atoms with Crippen LogP contribution < -0.4 is 4.40 Å². The lowest BCUT2D eigenvalue weighted by Crippen LogP contribution is -2.26. The first-order valence-corrected chi connectivity index (χ1v) is 11.1. The van der Waals surface area contributed by atoms with Crippen molar-refractivity contribution < 1.29 is 4.40 Å². The van der Waals surface area contributed by atoms with E-state index >= 15 is 0 Å². The van der Waals surface area contributed by atoms with Crippen LogP contribution in [-0.4, -0.2) is 0 Å². The third kappa shape index (κ3) is 2.31. The van der Waals surface area contributed by atoms with Crippen LogP contribution in [0.2, 0.25) is 0 Å². The molecule has 4 aromatic carbocycles. The zero-order chi connectivity index (χ0) is 21.1. The fourth-order valence-electron chi connectivity index (χ4n) is 5.33. The fraction of sp³-hybridized carbons (Fsp3) is 0. The Morgan fingerprint density at radius 1 is 0.406 bits per heavy atom. The first-order chi connectivity index (χ1) is 15.9. The van der Waals surface area contributed by atoms with E-state index in [1.54, 1.807) is 0 Å². The normalized spacial score (nSPS) is 11.8. The summed E-state index contributed by atoms with van der Waals surface area (Å²) in [5.74, 6) is 0. The first kappa shape index (κ1) is 17.5. The highest BCUT2D eigenvalue weighted by molar-refractivity contribution is 6.12. The molecule has 0 radical (unpaired) electrons. The number of pyridine rings is 2. The summed E-state index contributed by atoms with van der Waals surface area (Å²) in [7, 11) is 0. The van der Waals surface area contributed by atoms with Gasteiger partial charge in [-0.1, -0.05) is 91.0 Å². The highest BCUT2D eigenvalue weighted by Crippen LogP contribution is 2.46. The molecule has 0 unspecified atom stereocenters. The molecule has 0 spiro atoms. The van der Waals surface area contributed by atoms with Crippen LogP contribution in [0, 0.1) is 0 Å². The minimum Gasteiger partial charge on any atom is -0.151 e. The molecule has 1 aliphatic rings. The van der Waals surface area contributed by atoms with E-state index in [0.717, 1.165) is 0 Å². The van der Waals surface area contributed by atoms with E-state index in [9.17, 15) is 0 Å². The van der Waals surface area contributed by atoms with Crippen LogP contribution in [0.1, 0.15) is 0 Å². The van der Waals surface area contributed by atoms with Crippen LogP contribution in [0.5, 0.6) is 0 Å². The highest BCUT2D eigenvalue weighted by atomic mass is 14.9. The molecule has 7 rings (SSSR count). The molecule has 0 saturated carbocycles. The minimum atomic E-state index is 1.24. The van der Waals surface area contributed by atoms with Gasteiger partial charge in [0.15, 0.2) is 0 Å². The summed E-state index contributed by atoms with van der Waals surface area (Å²) in [6, 6.07) is 43.8. The van der Waals surface area contributed by atoms with E-state index in [4.69, 9.17) is 0 Å². The molecule has 1 heteroatoms. The van der Waals surface area contributed by atoms with Crippen molar-refractivity contribution in [3.63, 3.8) is 0 Å². The Hall–Kier alpha value is -4.23. The molecule has 6 aromatic rings. The molecule has 0 amide bonds. The maximum absolute atomic E-state index is 2.50. The molecule has 0 bridgehead atoms. The second-order valence-electron chi connectivity index (χ2n) is 8.36. The van der Waals surface area contributed by atoms with E-state index in [1.165, 1.54) is 61.1 Å². The number of aromatic nitrogens is 1. The number of fused-ring (bicyclic) bond motifs is 5. The van der Waals surface area contributed by atoms with Gasteiger partial charge < -0.3 is 0 Å². The SMILES string of the molecule is c1ccc(-c2c3[n+]4c(ccc(-c5ccccc5)c4c4ccccc24)-c2ccccc2-3)cc1. The molecule has 1 nitrogen and oxygen atoms in total. The molecular weight excluding hydrogens is 386 g/mol. The number of benzene rings is 4. The van der Waals surface area contributed by atoms with E-state index in [1.807, 2.05) is 0 Å². The Balaban J connectivity index is 1.77. The molecule has 0 N–H and O–H groups in total. The highest BCUT2D eigenvalue weighted by Gasteiger charge is 2.36. The lowest BCUT2D eigenvalue weighted by atomic mass is 9.92. The zero-order valence-corrected chi connectivity index (χ0v) is 17.5. The quantitative estimate of drug-likeness (QED) is 0.206. The molecule has 0 saturated heterocycles. The van der Waals surface area contributed by atoms with Crippen molar-refractivity contribution in [1.29, 1.82) is 0 Å². The van der Waals surface area contributed by atoms with Gasteiger partial charge in [0.2, 0.25) is 16.9 Å². The summed E-state index contributed by atoms with van der Waals surface area (Å²) in [6.45, 7) is 0. The van der Waals surface area contributed by atoms with Gasteiger partial charge in [-0.3, -0.25) is 0 Å². The Morgan fingerprint density at radius 2 is 1.00 bits per heavy atom. The fourth-order valence-corrected chi connectivity index (χ4v) is 5.33. The second-order valence-corrected chi connectivity index (χ2v) is 8.36. The molecule has 148 valence electrons. The van der Waals surface area contributed by atoms with Crippen LogP contribution >= 0.6 is 0 Å². The van der Waals surface area contributed by atoms with E-state index in [0.29, 0.717) is 0 Å². The molecule has 3 heterocycles. The number of rotatable bonds is 2. The minimum absolute atomic E-state index is 1.24. The number of nitrogens with zero attached hydrogens (tertiary/aromatic N) is 1. The predicted octanol–water partition coefficient (Wildman–Crippen LogP) is 7.56. The summed E-state index contributed by atoms with van der Waals surface area (Å²) >= 11 is 0. The van der Waals surface area contributed by atoms with Crippen molar-refractivity contribution in [2.75, 3.05) is 0 Å². The second kappa shape index (κ2) is 6.63. The molecule has 2 aromatic heterocycles. The molecule has 0 atom stereocenters. The van der Waals surface area contributed by atoms with Crippen molar-refractivity contribution in [3.05, 3.63) is 121 Å². The largest absolute Gasteiger partial charge is 0.228 e. The van der Waals surface area contributed by atoms with Gasteiger partial charge in [-0.2, -0.15) is 4.40 Å². The van der Waals surface area contributed by atoms with E-state index in [-0.39, 0.29) is 0 Å². The predicted molar refractivity (Wildman–Crippen MR) is 132 cm³/mol. The summed E-state index contributed by atoms with van der Waals surface area (Å²) in [4.78, 5) is 0. The van der Waals surface area contributed by atoms with E-state index in [2.05, 4.69) is 126 Å². The summed E-state index contributed by atoms with van der Waals surface area (Å²) < 4.78 is 2.50. The van der Waals surface area contributed by atoms with Crippen molar-refractivity contribution in [2.45, 2.75) is 0 Å². The lowest BCUT2D eigenvalue weighted by Gasteiger charge is -2.12. The summed E-state index contributed by atoms with van der Waals surface area (Å²) in [5, 5.41) is 2.57. The van der Waals surface area contributed by atoms with E-state index < -0.39 is 0 Å². The Morgan fingerprint density at radius 3 is 1.75 bits per heavy atom. The third-order valence-electron chi connectivity index (χ3n) is 6.64. The molecule has 32 heavy (non-hydrogen) atoms. The van der Waals surface area contributed by atoms with Gasteiger partial charge >= 0.3 is 0 Å². The van der Waals surface area contributed by atoms with Gasteiger partial charge in [0.05, 0.1) is 27.6 Å². The maximum atomic E-state index is 2.50. The Bertz CT molecular complexity index is 1650. The van der Waals surface area contributed by atoms with Crippen molar-refractivity contribution >= 4 is 16.3 Å². The molecule has 1 aliphatic heterocycles. The van der Waals surface area contributed by atoms with Crippen molar-refractivity contribution in [2.24, 2.45) is 0 Å². The van der Waals surface area contributed by atoms with Gasteiger partial charge in [-0.15, -0.1) is 0 Å². The van der Waals surface area contributed by atoms with Crippen molar-refractivity contribution in [3.8, 4) is 44.8 Å². The smallest absolute Gasteiger partial charge is 0.151 e. The van der Waals surface area contributed by atoms with Gasteiger partial charge in [0, 0.05) is 11.5 Å². The van der Waals surface area contributed by atoms with Gasteiger partial charge in [0.1, 0.15) is 0 Å². The lowest BCUT2D eigenvalue weighted by molar-refractivity contribution is -0.481. The van der Waals surface area contributed by atoms with Gasteiger partial charge in [-0.25, -0.2) is 0 Å². The zero-order valence-electron chi connectivity index (χ0n) is 17.5.